The van der Waals surface area contributed by atoms with Crippen molar-refractivity contribution in [3.63, 3.8) is 0 Å². The van der Waals surface area contributed by atoms with Crippen LogP contribution in [-0.2, 0) is 21.8 Å². The Bertz CT molecular complexity index is 2400. The first kappa shape index (κ1) is 57.7. The van der Waals surface area contributed by atoms with Crippen LogP contribution in [0.4, 0.5) is 65.9 Å². The molecule has 0 aromatic heterocycles. The molecule has 0 fully saturated rings. The first-order valence-electron chi connectivity index (χ1n) is 17.8. The molecule has 0 amide bonds. The standard InChI is InChI=1S/C20H16BrF7O5.C12H11BrF4O2.C8H6F4O3/c1-18(2,3)33-17(29)13-10(6-5-9(14(13)21)19(23,24)25)31-12-8-7-11(32-20(26,27)28)15(22)16(12)30-4;1-11(2,3)19-10(18)8-7(14)5-4-6(9(8)13)12(15,16)17;1-14-7-4(13)2-3-5(6(7)9)15-8(10,11)12/h5-8H,1-4H3;4-5H,1-3H3;2-3,13H,1H3. The van der Waals surface area contributed by atoms with Crippen molar-refractivity contribution < 1.29 is 114 Å². The summed E-state index contributed by atoms with van der Waals surface area (Å²) in [4.78, 5) is 24.4. The summed E-state index contributed by atoms with van der Waals surface area (Å²) in [7, 11) is 1.93. The summed E-state index contributed by atoms with van der Waals surface area (Å²) in [6.45, 7) is 9.03. The number of phenols is 1. The van der Waals surface area contributed by atoms with Gasteiger partial charge in [0, 0.05) is 8.95 Å². The highest BCUT2D eigenvalue weighted by Gasteiger charge is 2.39. The number of carbonyl (C=O) groups excluding carboxylic acids is 2. The molecule has 4 rings (SSSR count). The molecule has 67 heavy (non-hydrogen) atoms. The van der Waals surface area contributed by atoms with E-state index in [1.807, 2.05) is 0 Å². The van der Waals surface area contributed by atoms with E-state index in [-0.39, 0.29) is 0 Å². The van der Waals surface area contributed by atoms with Crippen LogP contribution in [0.25, 0.3) is 0 Å². The molecule has 0 unspecified atom stereocenters. The molecule has 0 aliphatic rings. The third-order valence-electron chi connectivity index (χ3n) is 7.16. The molecular weight excluding hydrogens is 1090 g/mol. The van der Waals surface area contributed by atoms with Gasteiger partial charge in [-0.2, -0.15) is 35.1 Å². The van der Waals surface area contributed by atoms with Crippen molar-refractivity contribution in [2.24, 2.45) is 0 Å². The summed E-state index contributed by atoms with van der Waals surface area (Å²) in [5.74, 6) is -11.9. The van der Waals surface area contributed by atoms with Crippen LogP contribution in [0.3, 0.4) is 0 Å². The summed E-state index contributed by atoms with van der Waals surface area (Å²) in [5.41, 5.74) is -5.82. The van der Waals surface area contributed by atoms with E-state index in [1.165, 1.54) is 41.5 Å². The zero-order chi connectivity index (χ0) is 52.0. The zero-order valence-corrected chi connectivity index (χ0v) is 38.3. The van der Waals surface area contributed by atoms with Gasteiger partial charge in [0.2, 0.25) is 17.4 Å². The molecule has 0 bridgehead atoms. The number of rotatable bonds is 8. The van der Waals surface area contributed by atoms with Crippen molar-refractivity contribution in [1.29, 1.82) is 0 Å². The number of phenolic OH excluding ortho intramolecular Hbond substituents is 1. The fourth-order valence-corrected chi connectivity index (χ4v) is 6.13. The predicted octanol–water partition coefficient (Wildman–Crippen LogP) is 14.3. The topological polar surface area (TPSA) is 119 Å². The number of alkyl halides is 12. The zero-order valence-electron chi connectivity index (χ0n) is 35.2. The molecule has 27 heteroatoms. The summed E-state index contributed by atoms with van der Waals surface area (Å²) in [6, 6.07) is 5.42. The average Bonchev–Trinajstić information content (AvgIpc) is 3.11. The van der Waals surface area contributed by atoms with E-state index in [2.05, 4.69) is 46.1 Å². The van der Waals surface area contributed by atoms with Crippen molar-refractivity contribution in [3.8, 4) is 40.2 Å². The summed E-state index contributed by atoms with van der Waals surface area (Å²) >= 11 is 5.35. The molecule has 10 nitrogen and oxygen atoms in total. The normalized spacial score (nSPS) is 12.1. The number of benzene rings is 4. The van der Waals surface area contributed by atoms with Crippen LogP contribution in [0, 0.1) is 17.5 Å². The molecule has 1 N–H and O–H groups in total. The highest BCUT2D eigenvalue weighted by molar-refractivity contribution is 9.11. The molecule has 4 aromatic rings. The van der Waals surface area contributed by atoms with Crippen LogP contribution in [0.2, 0.25) is 0 Å². The summed E-state index contributed by atoms with van der Waals surface area (Å²) in [5, 5.41) is 9.01. The van der Waals surface area contributed by atoms with Crippen LogP contribution >= 0.6 is 31.9 Å². The number of carbonyl (C=O) groups is 2. The number of methoxy groups -OCH3 is 2. The molecule has 0 heterocycles. The molecule has 372 valence electrons. The molecule has 0 saturated carbocycles. The quantitative estimate of drug-likeness (QED) is 0.135. The van der Waals surface area contributed by atoms with Crippen LogP contribution < -0.4 is 23.7 Å². The van der Waals surface area contributed by atoms with Gasteiger partial charge in [0.15, 0.2) is 28.7 Å². The lowest BCUT2D eigenvalue weighted by Gasteiger charge is -2.22. The van der Waals surface area contributed by atoms with Gasteiger partial charge in [-0.05, 0) is 122 Å². The molecular formula is C40H33Br2F15O10. The van der Waals surface area contributed by atoms with E-state index in [0.717, 1.165) is 32.4 Å². The second kappa shape index (κ2) is 21.7. The lowest BCUT2D eigenvalue weighted by Crippen LogP contribution is -2.25. The number of esters is 2. The minimum absolute atomic E-state index is 0.508. The van der Waals surface area contributed by atoms with E-state index in [4.69, 9.17) is 24.1 Å². The predicted molar refractivity (Wildman–Crippen MR) is 210 cm³/mol. The molecule has 0 aliphatic carbocycles. The smallest absolute Gasteiger partial charge is 0.504 e. The SMILES string of the molecule is CC(C)(C)OC(=O)c1c(F)ccc(C(F)(F)F)c1Br.COc1c(O)ccc(OC(F)(F)F)c1F.COc1c(Oc2ccc(C(F)(F)F)c(Br)c2C(=O)OC(C)(C)C)ccc(OC(F)(F)F)c1F. The molecule has 0 aliphatic heterocycles. The fourth-order valence-electron chi connectivity index (χ4n) is 4.71. The first-order valence-corrected chi connectivity index (χ1v) is 19.3. The van der Waals surface area contributed by atoms with Gasteiger partial charge in [-0.3, -0.25) is 0 Å². The van der Waals surface area contributed by atoms with Crippen molar-refractivity contribution in [2.45, 2.75) is 77.8 Å². The number of hydrogen-bond donors (Lipinski definition) is 1. The van der Waals surface area contributed by atoms with Gasteiger partial charge in [0.1, 0.15) is 33.9 Å². The third kappa shape index (κ3) is 17.0. The number of aromatic hydroxyl groups is 1. The Hall–Kier alpha value is -5.47. The lowest BCUT2D eigenvalue weighted by molar-refractivity contribution is -0.276. The van der Waals surface area contributed by atoms with Gasteiger partial charge in [0.25, 0.3) is 0 Å². The number of halogens is 17. The van der Waals surface area contributed by atoms with Gasteiger partial charge in [0.05, 0.1) is 25.3 Å². The Morgan fingerprint density at radius 2 is 0.866 bits per heavy atom. The fraction of sp³-hybridized carbons (Fsp3) is 0.350. The highest BCUT2D eigenvalue weighted by Crippen LogP contribution is 2.45. The molecule has 0 spiro atoms. The second-order valence-electron chi connectivity index (χ2n) is 14.6. The largest absolute Gasteiger partial charge is 0.573 e. The van der Waals surface area contributed by atoms with Crippen LogP contribution in [-0.4, -0.2) is 55.2 Å². The molecule has 4 aromatic carbocycles. The van der Waals surface area contributed by atoms with E-state index in [9.17, 15) is 75.4 Å². The maximum absolute atomic E-state index is 14.5. The Kier molecular flexibility index (Phi) is 18.6. The molecule has 0 saturated heterocycles. The van der Waals surface area contributed by atoms with Crippen LogP contribution in [0.5, 0.6) is 40.2 Å². The second-order valence-corrected chi connectivity index (χ2v) is 16.2. The minimum Gasteiger partial charge on any atom is -0.504 e. The van der Waals surface area contributed by atoms with Crippen LogP contribution in [0.15, 0.2) is 57.5 Å². The van der Waals surface area contributed by atoms with E-state index in [1.54, 1.807) is 0 Å². The van der Waals surface area contributed by atoms with Gasteiger partial charge >= 0.3 is 37.0 Å². The lowest BCUT2D eigenvalue weighted by atomic mass is 10.1. The Balaban J connectivity index is 0.000000382. The highest BCUT2D eigenvalue weighted by atomic mass is 79.9. The summed E-state index contributed by atoms with van der Waals surface area (Å²) < 4.78 is 222. The van der Waals surface area contributed by atoms with Crippen LogP contribution in [0.1, 0.15) is 73.4 Å². The Morgan fingerprint density at radius 3 is 1.27 bits per heavy atom. The molecule has 0 radical (unpaired) electrons. The van der Waals surface area contributed by atoms with Crippen molar-refractivity contribution in [2.75, 3.05) is 14.2 Å². The van der Waals surface area contributed by atoms with Crippen molar-refractivity contribution in [1.82, 2.24) is 0 Å². The van der Waals surface area contributed by atoms with Crippen molar-refractivity contribution in [3.05, 3.63) is 97.2 Å². The first-order chi connectivity index (χ1) is 30.2. The maximum atomic E-state index is 14.5. The average molecular weight is 1120 g/mol. The monoisotopic (exact) mass is 1120 g/mol. The minimum atomic E-state index is -5.20. The van der Waals surface area contributed by atoms with Gasteiger partial charge < -0.3 is 38.3 Å². The van der Waals surface area contributed by atoms with E-state index >= 15 is 0 Å². The Morgan fingerprint density at radius 1 is 0.507 bits per heavy atom. The van der Waals surface area contributed by atoms with Gasteiger partial charge in [-0.25, -0.2) is 14.0 Å². The maximum Gasteiger partial charge on any atom is 0.573 e. The van der Waals surface area contributed by atoms with Gasteiger partial charge in [-0.1, -0.05) is 0 Å². The number of ether oxygens (including phenoxy) is 7. The number of hydrogen-bond acceptors (Lipinski definition) is 10. The summed E-state index contributed by atoms with van der Waals surface area (Å²) in [6.07, 6.45) is -19.7. The third-order valence-corrected chi connectivity index (χ3v) is 8.80. The Labute approximate surface area is 386 Å². The van der Waals surface area contributed by atoms with E-state index < -0.39 is 137 Å². The molecule has 0 atom stereocenters. The van der Waals surface area contributed by atoms with Crippen molar-refractivity contribution >= 4 is 43.8 Å². The van der Waals surface area contributed by atoms with Gasteiger partial charge in [-0.15, -0.1) is 26.3 Å². The van der Waals surface area contributed by atoms with E-state index in [0.29, 0.717) is 30.3 Å².